The van der Waals surface area contributed by atoms with Crippen molar-refractivity contribution in [2.45, 2.75) is 44.4 Å². The zero-order valence-corrected chi connectivity index (χ0v) is 12.4. The number of ether oxygens (including phenoxy) is 1. The number of hydrogen-bond acceptors (Lipinski definition) is 4. The van der Waals surface area contributed by atoms with E-state index in [2.05, 4.69) is 10.4 Å². The van der Waals surface area contributed by atoms with Gasteiger partial charge in [-0.1, -0.05) is 12.8 Å². The molecular formula is C15H24N4O2. The van der Waals surface area contributed by atoms with Gasteiger partial charge in [0.2, 0.25) is 5.91 Å². The molecule has 116 valence electrons. The largest absolute Gasteiger partial charge is 0.374 e. The summed E-state index contributed by atoms with van der Waals surface area (Å²) >= 11 is 0. The van der Waals surface area contributed by atoms with Crippen LogP contribution in [0.4, 0.5) is 0 Å². The Balaban J connectivity index is 1.43. The Kier molecular flexibility index (Phi) is 4.87. The Bertz CT molecular complexity index is 447. The number of hydrogen-bond donors (Lipinski definition) is 1. The maximum absolute atomic E-state index is 12.4. The van der Waals surface area contributed by atoms with Crippen LogP contribution in [0.2, 0.25) is 0 Å². The molecule has 0 radical (unpaired) electrons. The molecule has 2 heterocycles. The van der Waals surface area contributed by atoms with Gasteiger partial charge in [-0.05, 0) is 18.9 Å². The Morgan fingerprint density at radius 2 is 2.29 bits per heavy atom. The van der Waals surface area contributed by atoms with Gasteiger partial charge in [0.05, 0.1) is 31.8 Å². The van der Waals surface area contributed by atoms with Crippen molar-refractivity contribution in [3.05, 3.63) is 18.5 Å². The second kappa shape index (κ2) is 7.04. The van der Waals surface area contributed by atoms with E-state index >= 15 is 0 Å². The van der Waals surface area contributed by atoms with Crippen molar-refractivity contribution in [2.75, 3.05) is 26.2 Å². The molecular weight excluding hydrogens is 268 g/mol. The van der Waals surface area contributed by atoms with Crippen molar-refractivity contribution >= 4 is 5.91 Å². The van der Waals surface area contributed by atoms with Crippen molar-refractivity contribution < 1.29 is 9.53 Å². The number of nitrogens with zero attached hydrogens (tertiary/aromatic N) is 3. The summed E-state index contributed by atoms with van der Waals surface area (Å²) in [6, 6.07) is 2.20. The second-order valence-electron chi connectivity index (χ2n) is 5.79. The SMILES string of the molecule is O=C(CNCCn1cccn1)N1CCO[C@@H]2CCCC[C@@H]21. The maximum Gasteiger partial charge on any atom is 0.236 e. The molecule has 2 fully saturated rings. The molecule has 0 unspecified atom stereocenters. The molecule has 1 amide bonds. The van der Waals surface area contributed by atoms with E-state index in [4.69, 9.17) is 4.74 Å². The molecule has 0 bridgehead atoms. The van der Waals surface area contributed by atoms with Gasteiger partial charge >= 0.3 is 0 Å². The summed E-state index contributed by atoms with van der Waals surface area (Å²) in [5, 5.41) is 7.36. The molecule has 6 heteroatoms. The van der Waals surface area contributed by atoms with E-state index in [9.17, 15) is 4.79 Å². The third-order valence-electron chi connectivity index (χ3n) is 4.41. The van der Waals surface area contributed by atoms with Crippen LogP contribution in [-0.4, -0.2) is 59.0 Å². The molecule has 1 aromatic rings. The van der Waals surface area contributed by atoms with Gasteiger partial charge in [-0.3, -0.25) is 9.48 Å². The van der Waals surface area contributed by atoms with E-state index in [1.807, 2.05) is 21.8 Å². The normalized spacial score (nSPS) is 25.6. The molecule has 1 aliphatic carbocycles. The van der Waals surface area contributed by atoms with Crippen LogP contribution in [0.25, 0.3) is 0 Å². The lowest BCUT2D eigenvalue weighted by Gasteiger charge is -2.43. The number of nitrogens with one attached hydrogen (secondary N) is 1. The Hall–Kier alpha value is -1.40. The fourth-order valence-electron chi connectivity index (χ4n) is 3.33. The van der Waals surface area contributed by atoms with E-state index < -0.39 is 0 Å². The predicted octanol–water partition coefficient (Wildman–Crippen LogP) is 0.643. The lowest BCUT2D eigenvalue weighted by atomic mass is 9.90. The molecule has 1 saturated carbocycles. The van der Waals surface area contributed by atoms with Gasteiger partial charge < -0.3 is 15.0 Å². The lowest BCUT2D eigenvalue weighted by Crippen LogP contribution is -2.56. The molecule has 1 aromatic heterocycles. The van der Waals surface area contributed by atoms with Gasteiger partial charge in [-0.15, -0.1) is 0 Å². The quantitative estimate of drug-likeness (QED) is 0.809. The molecule has 1 saturated heterocycles. The Morgan fingerprint density at radius 1 is 1.38 bits per heavy atom. The zero-order valence-electron chi connectivity index (χ0n) is 12.4. The van der Waals surface area contributed by atoms with Crippen molar-refractivity contribution in [3.8, 4) is 0 Å². The van der Waals surface area contributed by atoms with Gasteiger partial charge in [0.15, 0.2) is 0 Å². The van der Waals surface area contributed by atoms with Crippen LogP contribution in [0.5, 0.6) is 0 Å². The fourth-order valence-corrected chi connectivity index (χ4v) is 3.33. The van der Waals surface area contributed by atoms with Gasteiger partial charge in [0.1, 0.15) is 0 Å². The standard InChI is InChI=1S/C15H24N4O2/c20-15(12-16-7-9-18-8-3-6-17-18)19-10-11-21-14-5-2-1-4-13(14)19/h3,6,8,13-14,16H,1-2,4-5,7,9-12H2/t13-,14+/m0/s1. The summed E-state index contributed by atoms with van der Waals surface area (Å²) < 4.78 is 7.68. The van der Waals surface area contributed by atoms with E-state index in [1.165, 1.54) is 12.8 Å². The van der Waals surface area contributed by atoms with E-state index in [0.717, 1.165) is 32.5 Å². The molecule has 0 spiro atoms. The van der Waals surface area contributed by atoms with Crippen molar-refractivity contribution in [3.63, 3.8) is 0 Å². The number of morpholine rings is 1. The van der Waals surface area contributed by atoms with Crippen LogP contribution >= 0.6 is 0 Å². The van der Waals surface area contributed by atoms with E-state index in [0.29, 0.717) is 19.2 Å². The first-order valence-electron chi connectivity index (χ1n) is 7.94. The van der Waals surface area contributed by atoms with Gasteiger partial charge in [-0.2, -0.15) is 5.10 Å². The average molecular weight is 292 g/mol. The third-order valence-corrected chi connectivity index (χ3v) is 4.41. The Morgan fingerprint density at radius 3 is 3.14 bits per heavy atom. The van der Waals surface area contributed by atoms with Crippen LogP contribution in [-0.2, 0) is 16.1 Å². The number of fused-ring (bicyclic) bond motifs is 1. The molecule has 2 atom stereocenters. The van der Waals surface area contributed by atoms with Gasteiger partial charge in [-0.25, -0.2) is 0 Å². The van der Waals surface area contributed by atoms with Gasteiger partial charge in [0, 0.05) is 25.5 Å². The highest BCUT2D eigenvalue weighted by molar-refractivity contribution is 5.78. The molecule has 1 aliphatic heterocycles. The van der Waals surface area contributed by atoms with Crippen molar-refractivity contribution in [1.82, 2.24) is 20.0 Å². The minimum Gasteiger partial charge on any atom is -0.374 e. The number of aromatic nitrogens is 2. The Labute approximate surface area is 125 Å². The van der Waals surface area contributed by atoms with Crippen LogP contribution in [0, 0.1) is 0 Å². The van der Waals surface area contributed by atoms with E-state index in [-0.39, 0.29) is 12.0 Å². The monoisotopic (exact) mass is 292 g/mol. The molecule has 21 heavy (non-hydrogen) atoms. The summed E-state index contributed by atoms with van der Waals surface area (Å²) in [7, 11) is 0. The average Bonchev–Trinajstić information content (AvgIpc) is 3.04. The summed E-state index contributed by atoms with van der Waals surface area (Å²) in [6.45, 7) is 3.37. The third kappa shape index (κ3) is 3.63. The highest BCUT2D eigenvalue weighted by Gasteiger charge is 2.36. The first-order chi connectivity index (χ1) is 10.3. The first-order valence-corrected chi connectivity index (χ1v) is 7.94. The summed E-state index contributed by atoms with van der Waals surface area (Å²) in [5.41, 5.74) is 0. The van der Waals surface area contributed by atoms with Crippen LogP contribution in [0.1, 0.15) is 25.7 Å². The molecule has 0 aromatic carbocycles. The topological polar surface area (TPSA) is 59.4 Å². The fraction of sp³-hybridized carbons (Fsp3) is 0.733. The highest BCUT2D eigenvalue weighted by atomic mass is 16.5. The number of carbonyl (C=O) groups excluding carboxylic acids is 1. The molecule has 2 aliphatic rings. The lowest BCUT2D eigenvalue weighted by molar-refractivity contribution is -0.148. The minimum absolute atomic E-state index is 0.204. The highest BCUT2D eigenvalue weighted by Crippen LogP contribution is 2.28. The number of rotatable bonds is 5. The zero-order chi connectivity index (χ0) is 14.5. The van der Waals surface area contributed by atoms with Crippen LogP contribution in [0.3, 0.4) is 0 Å². The molecule has 1 N–H and O–H groups in total. The summed E-state index contributed by atoms with van der Waals surface area (Å²) in [5.74, 6) is 0.204. The summed E-state index contributed by atoms with van der Waals surface area (Å²) in [6.07, 6.45) is 8.58. The van der Waals surface area contributed by atoms with Crippen LogP contribution < -0.4 is 5.32 Å². The number of carbonyl (C=O) groups is 1. The first kappa shape index (κ1) is 14.5. The number of amides is 1. The smallest absolute Gasteiger partial charge is 0.236 e. The molecule has 3 rings (SSSR count). The van der Waals surface area contributed by atoms with Crippen molar-refractivity contribution in [2.24, 2.45) is 0 Å². The van der Waals surface area contributed by atoms with E-state index in [1.54, 1.807) is 6.20 Å². The second-order valence-corrected chi connectivity index (χ2v) is 5.79. The molecule has 6 nitrogen and oxygen atoms in total. The maximum atomic E-state index is 12.4. The van der Waals surface area contributed by atoms with Crippen molar-refractivity contribution in [1.29, 1.82) is 0 Å². The predicted molar refractivity (Wildman–Crippen MR) is 78.8 cm³/mol. The summed E-state index contributed by atoms with van der Waals surface area (Å²) in [4.78, 5) is 14.4. The van der Waals surface area contributed by atoms with Gasteiger partial charge in [0.25, 0.3) is 0 Å². The minimum atomic E-state index is 0.204. The van der Waals surface area contributed by atoms with Crippen LogP contribution in [0.15, 0.2) is 18.5 Å².